The lowest BCUT2D eigenvalue weighted by Crippen LogP contribution is -2.19. The number of halogens is 1. The van der Waals surface area contributed by atoms with E-state index in [0.29, 0.717) is 23.0 Å². The zero-order valence-electron chi connectivity index (χ0n) is 16.1. The number of aromatic nitrogens is 7. The van der Waals surface area contributed by atoms with E-state index in [0.717, 1.165) is 29.8 Å². The predicted octanol–water partition coefficient (Wildman–Crippen LogP) is 2.72. The molecular weight excluding hydrogens is 390 g/mol. The predicted molar refractivity (Wildman–Crippen MR) is 107 cm³/mol. The highest BCUT2D eigenvalue weighted by Gasteiger charge is 2.53. The van der Waals surface area contributed by atoms with Gasteiger partial charge in [-0.25, -0.2) is 0 Å². The Labute approximate surface area is 172 Å². The van der Waals surface area contributed by atoms with E-state index in [9.17, 15) is 5.11 Å². The van der Waals surface area contributed by atoms with Crippen LogP contribution in [-0.4, -0.2) is 39.9 Å². The van der Waals surface area contributed by atoms with Gasteiger partial charge in [0.05, 0.1) is 17.6 Å². The maximum absolute atomic E-state index is 10.5. The van der Waals surface area contributed by atoms with Crippen molar-refractivity contribution < 1.29 is 5.11 Å². The number of nitrogens with zero attached hydrogens (tertiary/aromatic N) is 7. The van der Waals surface area contributed by atoms with Gasteiger partial charge in [0.1, 0.15) is 0 Å². The number of hydrogen-bond acceptors (Lipinski definition) is 6. The van der Waals surface area contributed by atoms with Crippen LogP contribution < -0.4 is 0 Å². The molecule has 3 heterocycles. The van der Waals surface area contributed by atoms with Crippen LogP contribution in [0, 0.1) is 0 Å². The average molecular weight is 410 g/mol. The molecular formula is C20H20ClN7O. The number of tetrazole rings is 1. The van der Waals surface area contributed by atoms with Crippen molar-refractivity contribution in [2.75, 3.05) is 0 Å². The van der Waals surface area contributed by atoms with Crippen molar-refractivity contribution in [2.24, 2.45) is 0 Å². The molecule has 0 atom stereocenters. The first-order valence-electron chi connectivity index (χ1n) is 9.47. The van der Waals surface area contributed by atoms with Gasteiger partial charge in [-0.3, -0.25) is 4.40 Å². The Kier molecular flexibility index (Phi) is 3.97. The van der Waals surface area contributed by atoms with E-state index >= 15 is 0 Å². The average Bonchev–Trinajstić information content (AvgIpc) is 3.15. The highest BCUT2D eigenvalue weighted by molar-refractivity contribution is 6.30. The van der Waals surface area contributed by atoms with E-state index in [2.05, 4.69) is 25.6 Å². The van der Waals surface area contributed by atoms with Gasteiger partial charge >= 0.3 is 0 Å². The first-order chi connectivity index (χ1) is 13.9. The summed E-state index contributed by atoms with van der Waals surface area (Å²) in [6, 6.07) is 11.4. The van der Waals surface area contributed by atoms with E-state index in [4.69, 9.17) is 11.6 Å². The molecule has 0 amide bonds. The molecule has 29 heavy (non-hydrogen) atoms. The first kappa shape index (κ1) is 18.2. The fourth-order valence-corrected chi connectivity index (χ4v) is 3.77. The van der Waals surface area contributed by atoms with Gasteiger partial charge in [0.2, 0.25) is 0 Å². The Morgan fingerprint density at radius 1 is 1.10 bits per heavy atom. The summed E-state index contributed by atoms with van der Waals surface area (Å²) in [7, 11) is 0. The topological polar surface area (TPSA) is 94.0 Å². The second-order valence-electron chi connectivity index (χ2n) is 8.05. The molecule has 0 bridgehead atoms. The van der Waals surface area contributed by atoms with Gasteiger partial charge in [-0.15, -0.1) is 20.4 Å². The first-order valence-corrected chi connectivity index (χ1v) is 9.84. The van der Waals surface area contributed by atoms with Gasteiger partial charge in [0.15, 0.2) is 17.3 Å². The Morgan fingerprint density at radius 2 is 1.86 bits per heavy atom. The lowest BCUT2D eigenvalue weighted by Gasteiger charge is -2.18. The Hall–Kier alpha value is -2.84. The molecule has 1 aromatic carbocycles. The molecule has 1 aliphatic rings. The maximum Gasteiger partial charge on any atom is 0.188 e. The normalized spacial score (nSPS) is 15.7. The molecule has 0 spiro atoms. The maximum atomic E-state index is 10.5. The molecule has 4 aromatic rings. The summed E-state index contributed by atoms with van der Waals surface area (Å²) in [4.78, 5) is 1.59. The van der Waals surface area contributed by atoms with Crippen molar-refractivity contribution in [1.82, 2.24) is 34.8 Å². The molecule has 0 radical (unpaired) electrons. The molecule has 0 aliphatic heterocycles. The molecule has 5 rings (SSSR count). The van der Waals surface area contributed by atoms with Crippen LogP contribution in [0.1, 0.15) is 49.5 Å². The summed E-state index contributed by atoms with van der Waals surface area (Å²) in [6.45, 7) is 4.00. The molecule has 1 saturated carbocycles. The molecule has 1 aliphatic carbocycles. The van der Waals surface area contributed by atoms with E-state index in [1.807, 2.05) is 47.0 Å². The largest absolute Gasteiger partial charge is 0.386 e. The SMILES string of the molecule is CC(C)(O)c1cccn2c(C3(c4nnn(Cc5ccc(Cl)cc5)n4)CC3)nnc12. The van der Waals surface area contributed by atoms with E-state index in [1.165, 1.54) is 0 Å². The molecule has 9 heteroatoms. The molecule has 3 aromatic heterocycles. The summed E-state index contributed by atoms with van der Waals surface area (Å²) in [5.41, 5.74) is 1.02. The molecule has 148 valence electrons. The number of benzene rings is 1. The standard InChI is InChI=1S/C20H20ClN7O/c1-19(2,29)15-4-3-11-27-16(15)22-24-18(27)20(9-10-20)17-23-26-28(25-17)12-13-5-7-14(21)8-6-13/h3-8,11,29H,9-10,12H2,1-2H3. The summed E-state index contributed by atoms with van der Waals surface area (Å²) in [6.07, 6.45) is 3.68. The smallest absolute Gasteiger partial charge is 0.188 e. The zero-order valence-corrected chi connectivity index (χ0v) is 16.9. The van der Waals surface area contributed by atoms with Crippen molar-refractivity contribution in [2.45, 2.75) is 44.2 Å². The minimum atomic E-state index is -1.01. The van der Waals surface area contributed by atoms with Gasteiger partial charge < -0.3 is 5.11 Å². The van der Waals surface area contributed by atoms with Crippen LogP contribution >= 0.6 is 11.6 Å². The summed E-state index contributed by atoms with van der Waals surface area (Å²) < 4.78 is 1.93. The Bertz CT molecular complexity index is 1190. The molecule has 1 N–H and O–H groups in total. The minimum absolute atomic E-state index is 0.393. The van der Waals surface area contributed by atoms with Crippen molar-refractivity contribution in [1.29, 1.82) is 0 Å². The quantitative estimate of drug-likeness (QED) is 0.544. The van der Waals surface area contributed by atoms with Crippen LogP contribution in [0.25, 0.3) is 5.65 Å². The summed E-state index contributed by atoms with van der Waals surface area (Å²) in [5, 5.41) is 33.2. The number of rotatable bonds is 5. The van der Waals surface area contributed by atoms with Crippen molar-refractivity contribution in [3.8, 4) is 0 Å². The fourth-order valence-electron chi connectivity index (χ4n) is 3.65. The number of pyridine rings is 1. The van der Waals surface area contributed by atoms with E-state index < -0.39 is 11.0 Å². The zero-order chi connectivity index (χ0) is 20.2. The fraction of sp³-hybridized carbons (Fsp3) is 0.350. The van der Waals surface area contributed by atoms with Gasteiger partial charge in [0, 0.05) is 16.8 Å². The number of aliphatic hydroxyl groups is 1. The van der Waals surface area contributed by atoms with Crippen LogP contribution in [-0.2, 0) is 17.6 Å². The lowest BCUT2D eigenvalue weighted by molar-refractivity contribution is 0.0796. The third kappa shape index (κ3) is 3.08. The van der Waals surface area contributed by atoms with Crippen LogP contribution in [0.3, 0.4) is 0 Å². The van der Waals surface area contributed by atoms with Crippen LogP contribution in [0.15, 0.2) is 42.6 Å². The number of fused-ring (bicyclic) bond motifs is 1. The summed E-state index contributed by atoms with van der Waals surface area (Å²) >= 11 is 5.95. The van der Waals surface area contributed by atoms with Crippen LogP contribution in [0.5, 0.6) is 0 Å². The van der Waals surface area contributed by atoms with Crippen molar-refractivity contribution >= 4 is 17.2 Å². The highest BCUT2D eigenvalue weighted by Crippen LogP contribution is 2.51. The molecule has 1 fully saturated rings. The Morgan fingerprint density at radius 3 is 2.55 bits per heavy atom. The number of hydrogen-bond donors (Lipinski definition) is 1. The summed E-state index contributed by atoms with van der Waals surface area (Å²) in [5.74, 6) is 1.43. The minimum Gasteiger partial charge on any atom is -0.386 e. The van der Waals surface area contributed by atoms with E-state index in [1.54, 1.807) is 18.6 Å². The molecule has 8 nitrogen and oxygen atoms in total. The van der Waals surface area contributed by atoms with Gasteiger partial charge in [-0.05, 0) is 55.7 Å². The highest BCUT2D eigenvalue weighted by atomic mass is 35.5. The van der Waals surface area contributed by atoms with Crippen LogP contribution in [0.2, 0.25) is 5.02 Å². The van der Waals surface area contributed by atoms with Crippen LogP contribution in [0.4, 0.5) is 0 Å². The molecule has 0 unspecified atom stereocenters. The second-order valence-corrected chi connectivity index (χ2v) is 8.49. The Balaban J connectivity index is 1.50. The van der Waals surface area contributed by atoms with Gasteiger partial charge in [-0.2, -0.15) is 4.80 Å². The van der Waals surface area contributed by atoms with Crippen molar-refractivity contribution in [3.63, 3.8) is 0 Å². The third-order valence-corrected chi connectivity index (χ3v) is 5.64. The monoisotopic (exact) mass is 409 g/mol. The second kappa shape index (κ2) is 6.33. The van der Waals surface area contributed by atoms with Gasteiger partial charge in [0.25, 0.3) is 0 Å². The lowest BCUT2D eigenvalue weighted by atomic mass is 9.99. The van der Waals surface area contributed by atoms with Gasteiger partial charge in [-0.1, -0.05) is 29.8 Å². The third-order valence-electron chi connectivity index (χ3n) is 5.39. The molecule has 0 saturated heterocycles. The van der Waals surface area contributed by atoms with Crippen molar-refractivity contribution in [3.05, 3.63) is 70.4 Å². The van der Waals surface area contributed by atoms with E-state index in [-0.39, 0.29) is 0 Å².